The summed E-state index contributed by atoms with van der Waals surface area (Å²) in [6.45, 7) is 2.29. The van der Waals surface area contributed by atoms with Crippen LogP contribution in [0.25, 0.3) is 0 Å². The third-order valence-electron chi connectivity index (χ3n) is 4.10. The Morgan fingerprint density at radius 2 is 2.20 bits per heavy atom. The number of nitrogens with two attached hydrogens (primary N) is 1. The Kier molecular flexibility index (Phi) is 5.47. The fourth-order valence-electron chi connectivity index (χ4n) is 3.19. The molecule has 2 N–H and O–H groups in total. The van der Waals surface area contributed by atoms with E-state index < -0.39 is 0 Å². The summed E-state index contributed by atoms with van der Waals surface area (Å²) < 4.78 is 5.89. The second-order valence-electron chi connectivity index (χ2n) is 5.64. The molecule has 1 heterocycles. The molecule has 0 aliphatic heterocycles. The van der Waals surface area contributed by atoms with Gasteiger partial charge in [-0.15, -0.1) is 11.3 Å². The van der Waals surface area contributed by atoms with Gasteiger partial charge in [-0.1, -0.05) is 24.4 Å². The van der Waals surface area contributed by atoms with Gasteiger partial charge in [0.2, 0.25) is 0 Å². The van der Waals surface area contributed by atoms with Gasteiger partial charge in [-0.2, -0.15) is 0 Å². The normalized spacial score (nSPS) is 18.9. The van der Waals surface area contributed by atoms with Crippen LogP contribution in [0, 0.1) is 5.41 Å². The number of rotatable bonds is 6. The van der Waals surface area contributed by atoms with Crippen LogP contribution in [0.1, 0.15) is 56.4 Å². The average molecular weight is 316 g/mol. The van der Waals surface area contributed by atoms with Crippen LogP contribution in [0.3, 0.4) is 0 Å². The molecule has 0 aromatic carbocycles. The number of carbonyl (C=O) groups is 1. The van der Waals surface area contributed by atoms with Crippen molar-refractivity contribution < 1.29 is 9.53 Å². The molecule has 0 radical (unpaired) electrons. The lowest BCUT2D eigenvalue weighted by Crippen LogP contribution is -2.27. The van der Waals surface area contributed by atoms with Crippen molar-refractivity contribution in [3.63, 3.8) is 0 Å². The van der Waals surface area contributed by atoms with Crippen LogP contribution in [0.5, 0.6) is 0 Å². The molecular formula is C15H22ClNO2S. The summed E-state index contributed by atoms with van der Waals surface area (Å²) in [6.07, 6.45) is 5.82. The van der Waals surface area contributed by atoms with Gasteiger partial charge in [0.1, 0.15) is 0 Å². The number of thiophene rings is 1. The summed E-state index contributed by atoms with van der Waals surface area (Å²) in [5.74, 6) is -0.0918. The number of ether oxygens (including phenoxy) is 1. The summed E-state index contributed by atoms with van der Waals surface area (Å²) >= 11 is 7.50. The van der Waals surface area contributed by atoms with Crippen LogP contribution >= 0.6 is 22.9 Å². The van der Waals surface area contributed by atoms with Crippen LogP contribution < -0.4 is 5.73 Å². The molecule has 20 heavy (non-hydrogen) atoms. The van der Waals surface area contributed by atoms with E-state index in [1.807, 2.05) is 19.1 Å². The van der Waals surface area contributed by atoms with E-state index in [9.17, 15) is 4.79 Å². The van der Waals surface area contributed by atoms with Crippen molar-refractivity contribution in [2.75, 3.05) is 6.61 Å². The molecule has 5 heteroatoms. The van der Waals surface area contributed by atoms with Crippen LogP contribution in [0.15, 0.2) is 12.1 Å². The molecule has 1 fully saturated rings. The first kappa shape index (κ1) is 15.8. The van der Waals surface area contributed by atoms with Crippen LogP contribution in [0.4, 0.5) is 0 Å². The second-order valence-corrected chi connectivity index (χ2v) is 7.39. The van der Waals surface area contributed by atoms with E-state index in [0.29, 0.717) is 13.0 Å². The lowest BCUT2D eigenvalue weighted by Gasteiger charge is -2.30. The maximum atomic E-state index is 11.8. The lowest BCUT2D eigenvalue weighted by molar-refractivity contribution is -0.146. The highest BCUT2D eigenvalue weighted by atomic mass is 35.5. The van der Waals surface area contributed by atoms with Crippen LogP contribution in [-0.2, 0) is 9.53 Å². The fourth-order valence-corrected chi connectivity index (χ4v) is 4.25. The van der Waals surface area contributed by atoms with Crippen molar-refractivity contribution in [3.8, 4) is 0 Å². The highest BCUT2D eigenvalue weighted by Gasteiger charge is 2.38. The Bertz CT molecular complexity index is 454. The summed E-state index contributed by atoms with van der Waals surface area (Å²) in [5.41, 5.74) is 6.34. The maximum absolute atomic E-state index is 11.8. The molecule has 1 aliphatic carbocycles. The Labute approximate surface area is 129 Å². The molecule has 1 aliphatic rings. The molecule has 0 bridgehead atoms. The molecule has 0 amide bonds. The molecule has 112 valence electrons. The van der Waals surface area contributed by atoms with E-state index in [1.165, 1.54) is 24.2 Å². The zero-order valence-corrected chi connectivity index (χ0v) is 13.4. The third-order valence-corrected chi connectivity index (χ3v) is 5.46. The highest BCUT2D eigenvalue weighted by molar-refractivity contribution is 7.16. The van der Waals surface area contributed by atoms with E-state index in [1.54, 1.807) is 0 Å². The van der Waals surface area contributed by atoms with Crippen molar-refractivity contribution in [2.45, 2.75) is 51.5 Å². The van der Waals surface area contributed by atoms with Gasteiger partial charge in [0, 0.05) is 10.9 Å². The van der Waals surface area contributed by atoms with Gasteiger partial charge < -0.3 is 10.5 Å². The monoisotopic (exact) mass is 315 g/mol. The average Bonchev–Trinajstić information content (AvgIpc) is 2.99. The van der Waals surface area contributed by atoms with Crippen molar-refractivity contribution in [1.29, 1.82) is 0 Å². The second kappa shape index (κ2) is 6.92. The van der Waals surface area contributed by atoms with Gasteiger partial charge in [0.25, 0.3) is 0 Å². The zero-order chi connectivity index (χ0) is 14.6. The Balaban J connectivity index is 2.03. The number of hydrogen-bond donors (Lipinski definition) is 1. The van der Waals surface area contributed by atoms with E-state index in [4.69, 9.17) is 22.1 Å². The first-order valence-corrected chi connectivity index (χ1v) is 8.40. The van der Waals surface area contributed by atoms with Crippen molar-refractivity contribution in [2.24, 2.45) is 11.1 Å². The summed E-state index contributed by atoms with van der Waals surface area (Å²) in [5, 5.41) is 0. The van der Waals surface area contributed by atoms with Gasteiger partial charge in [-0.05, 0) is 43.7 Å². The smallest absolute Gasteiger partial charge is 0.306 e. The summed E-state index contributed by atoms with van der Waals surface area (Å²) in [6, 6.07) is 3.83. The minimum absolute atomic E-state index is 0.0160. The molecule has 1 unspecified atom stereocenters. The quantitative estimate of drug-likeness (QED) is 0.796. The lowest BCUT2D eigenvalue weighted by atomic mass is 9.77. The maximum Gasteiger partial charge on any atom is 0.306 e. The molecular weight excluding hydrogens is 294 g/mol. The van der Waals surface area contributed by atoms with Gasteiger partial charge in [-0.3, -0.25) is 4.79 Å². The first-order valence-electron chi connectivity index (χ1n) is 7.21. The third kappa shape index (κ3) is 3.96. The van der Waals surface area contributed by atoms with E-state index >= 15 is 0 Å². The molecule has 1 aromatic rings. The van der Waals surface area contributed by atoms with Crippen LogP contribution in [-0.4, -0.2) is 12.6 Å². The Morgan fingerprint density at radius 1 is 1.50 bits per heavy atom. The summed E-state index contributed by atoms with van der Waals surface area (Å²) in [4.78, 5) is 12.9. The van der Waals surface area contributed by atoms with Crippen LogP contribution in [0.2, 0.25) is 4.34 Å². The highest BCUT2D eigenvalue weighted by Crippen LogP contribution is 2.47. The zero-order valence-electron chi connectivity index (χ0n) is 11.9. The molecule has 2 rings (SSSR count). The van der Waals surface area contributed by atoms with Gasteiger partial charge in [0.05, 0.1) is 17.4 Å². The largest absolute Gasteiger partial charge is 0.466 e. The Hall–Kier alpha value is -0.580. The van der Waals surface area contributed by atoms with E-state index in [2.05, 4.69) is 0 Å². The minimum Gasteiger partial charge on any atom is -0.466 e. The minimum atomic E-state index is -0.0918. The molecule has 1 saturated carbocycles. The molecule has 3 nitrogen and oxygen atoms in total. The first-order chi connectivity index (χ1) is 9.54. The SMILES string of the molecule is CCOC(=O)CC1(CC(N)c2ccc(Cl)s2)CCCC1. The van der Waals surface area contributed by atoms with E-state index in [0.717, 1.165) is 28.5 Å². The molecule has 1 atom stereocenters. The Morgan fingerprint density at radius 3 is 2.75 bits per heavy atom. The summed E-state index contributed by atoms with van der Waals surface area (Å²) in [7, 11) is 0. The van der Waals surface area contributed by atoms with Crippen molar-refractivity contribution in [3.05, 3.63) is 21.3 Å². The number of halogens is 1. The number of esters is 1. The fraction of sp³-hybridized carbons (Fsp3) is 0.667. The van der Waals surface area contributed by atoms with Gasteiger partial charge in [0.15, 0.2) is 0 Å². The molecule has 1 aromatic heterocycles. The van der Waals surface area contributed by atoms with Gasteiger partial charge in [-0.25, -0.2) is 0 Å². The van der Waals surface area contributed by atoms with E-state index in [-0.39, 0.29) is 17.4 Å². The molecule has 0 spiro atoms. The standard InChI is InChI=1S/C15H22ClNO2S/c1-2-19-14(18)10-15(7-3-4-8-15)9-11(17)12-5-6-13(16)20-12/h5-6,11H,2-4,7-10,17H2,1H3. The number of hydrogen-bond acceptors (Lipinski definition) is 4. The molecule has 0 saturated heterocycles. The van der Waals surface area contributed by atoms with Crippen molar-refractivity contribution in [1.82, 2.24) is 0 Å². The predicted molar refractivity (Wildman–Crippen MR) is 83.0 cm³/mol. The number of carbonyl (C=O) groups excluding carboxylic acids is 1. The van der Waals surface area contributed by atoms with Gasteiger partial charge >= 0.3 is 5.97 Å². The topological polar surface area (TPSA) is 52.3 Å². The van der Waals surface area contributed by atoms with Crippen molar-refractivity contribution >= 4 is 28.9 Å². The predicted octanol–water partition coefficient (Wildman–Crippen LogP) is 4.31.